The van der Waals surface area contributed by atoms with Gasteiger partial charge in [-0.1, -0.05) is 6.92 Å². The number of rotatable bonds is 3. The molecule has 4 rings (SSSR count). The van der Waals surface area contributed by atoms with E-state index in [1.54, 1.807) is 28.3 Å². The Morgan fingerprint density at radius 1 is 1.08 bits per heavy atom. The molecule has 0 aliphatic carbocycles. The Kier molecular flexibility index (Phi) is 4.83. The second-order valence-corrected chi connectivity index (χ2v) is 6.97. The SMILES string of the molecule is CC1CCN(c2cc(-n3cnc(C(=O)N4CCOCC4)c3)ncn2)CC1. The Morgan fingerprint density at radius 2 is 1.81 bits per heavy atom. The summed E-state index contributed by atoms with van der Waals surface area (Å²) in [5, 5.41) is 0. The highest BCUT2D eigenvalue weighted by Gasteiger charge is 2.21. The van der Waals surface area contributed by atoms with Crippen LogP contribution < -0.4 is 4.90 Å². The van der Waals surface area contributed by atoms with Crippen LogP contribution in [0.2, 0.25) is 0 Å². The third kappa shape index (κ3) is 3.55. The van der Waals surface area contributed by atoms with Gasteiger partial charge in [0.2, 0.25) is 0 Å². The third-order valence-electron chi connectivity index (χ3n) is 5.11. The Hall–Kier alpha value is -2.48. The van der Waals surface area contributed by atoms with Crippen molar-refractivity contribution in [3.63, 3.8) is 0 Å². The Morgan fingerprint density at radius 3 is 2.58 bits per heavy atom. The maximum absolute atomic E-state index is 12.5. The first-order chi connectivity index (χ1) is 12.7. The first kappa shape index (κ1) is 17.0. The van der Waals surface area contributed by atoms with Crippen molar-refractivity contribution in [2.75, 3.05) is 44.3 Å². The molecule has 0 atom stereocenters. The first-order valence-corrected chi connectivity index (χ1v) is 9.19. The molecular weight excluding hydrogens is 332 g/mol. The number of carbonyl (C=O) groups is 1. The summed E-state index contributed by atoms with van der Waals surface area (Å²) < 4.78 is 7.08. The quantitative estimate of drug-likeness (QED) is 0.827. The average molecular weight is 356 g/mol. The van der Waals surface area contributed by atoms with Crippen LogP contribution >= 0.6 is 0 Å². The van der Waals surface area contributed by atoms with E-state index in [2.05, 4.69) is 26.8 Å². The topological polar surface area (TPSA) is 76.4 Å². The molecule has 1 amide bonds. The highest BCUT2D eigenvalue weighted by atomic mass is 16.5. The molecule has 8 heteroatoms. The van der Waals surface area contributed by atoms with E-state index in [9.17, 15) is 4.79 Å². The van der Waals surface area contributed by atoms with E-state index >= 15 is 0 Å². The molecule has 8 nitrogen and oxygen atoms in total. The maximum Gasteiger partial charge on any atom is 0.274 e. The summed E-state index contributed by atoms with van der Waals surface area (Å²) in [5.74, 6) is 2.36. The molecule has 0 bridgehead atoms. The van der Waals surface area contributed by atoms with Crippen molar-refractivity contribution in [3.8, 4) is 5.82 Å². The summed E-state index contributed by atoms with van der Waals surface area (Å²) in [5.41, 5.74) is 0.429. The Bertz CT molecular complexity index is 763. The van der Waals surface area contributed by atoms with Crippen LogP contribution in [0.25, 0.3) is 5.82 Å². The normalized spacial score (nSPS) is 19.0. The van der Waals surface area contributed by atoms with Gasteiger partial charge in [-0.2, -0.15) is 0 Å². The van der Waals surface area contributed by atoms with Crippen LogP contribution in [-0.2, 0) is 4.74 Å². The summed E-state index contributed by atoms with van der Waals surface area (Å²) in [6.07, 6.45) is 7.32. The molecule has 2 aliphatic heterocycles. The van der Waals surface area contributed by atoms with Gasteiger partial charge in [0.05, 0.1) is 13.2 Å². The van der Waals surface area contributed by atoms with Gasteiger partial charge in [-0.15, -0.1) is 0 Å². The van der Waals surface area contributed by atoms with Crippen LogP contribution in [0.1, 0.15) is 30.3 Å². The predicted molar refractivity (Wildman–Crippen MR) is 96.5 cm³/mol. The van der Waals surface area contributed by atoms with E-state index in [-0.39, 0.29) is 5.91 Å². The molecule has 0 unspecified atom stereocenters. The molecule has 26 heavy (non-hydrogen) atoms. The standard InChI is InChI=1S/C18H24N6O2/c1-14-2-4-22(5-3-14)16-10-17(20-12-19-16)24-11-15(21-13-24)18(25)23-6-8-26-9-7-23/h10-14H,2-9H2,1H3. The highest BCUT2D eigenvalue weighted by Crippen LogP contribution is 2.22. The van der Waals surface area contributed by atoms with Gasteiger partial charge in [0.25, 0.3) is 5.91 Å². The van der Waals surface area contributed by atoms with Crippen molar-refractivity contribution in [1.82, 2.24) is 24.4 Å². The molecule has 2 aliphatic rings. The van der Waals surface area contributed by atoms with Gasteiger partial charge in [0.1, 0.15) is 30.0 Å². The fourth-order valence-electron chi connectivity index (χ4n) is 3.38. The second kappa shape index (κ2) is 7.41. The monoisotopic (exact) mass is 356 g/mol. The Labute approximate surface area is 152 Å². The van der Waals surface area contributed by atoms with E-state index in [1.807, 2.05) is 6.07 Å². The lowest BCUT2D eigenvalue weighted by molar-refractivity contribution is 0.0299. The lowest BCUT2D eigenvalue weighted by atomic mass is 9.99. The summed E-state index contributed by atoms with van der Waals surface area (Å²) >= 11 is 0. The number of hydrogen-bond acceptors (Lipinski definition) is 6. The molecule has 0 N–H and O–H groups in total. The zero-order chi connectivity index (χ0) is 17.9. The van der Waals surface area contributed by atoms with Gasteiger partial charge in [0, 0.05) is 38.4 Å². The number of piperidine rings is 1. The lowest BCUT2D eigenvalue weighted by Crippen LogP contribution is -2.40. The summed E-state index contributed by atoms with van der Waals surface area (Å²) in [6, 6.07) is 1.96. The zero-order valence-electron chi connectivity index (χ0n) is 15.0. The molecule has 0 aromatic carbocycles. The molecule has 0 radical (unpaired) electrons. The van der Waals surface area contributed by atoms with Crippen molar-refractivity contribution < 1.29 is 9.53 Å². The van der Waals surface area contributed by atoms with Gasteiger partial charge < -0.3 is 14.5 Å². The minimum atomic E-state index is -0.0636. The molecule has 4 heterocycles. The van der Waals surface area contributed by atoms with Gasteiger partial charge in [0.15, 0.2) is 0 Å². The summed E-state index contributed by atoms with van der Waals surface area (Å²) in [7, 11) is 0. The van der Waals surface area contributed by atoms with E-state index in [0.717, 1.165) is 30.6 Å². The van der Waals surface area contributed by atoms with Crippen LogP contribution in [-0.4, -0.2) is 69.7 Å². The van der Waals surface area contributed by atoms with E-state index < -0.39 is 0 Å². The number of aromatic nitrogens is 4. The van der Waals surface area contributed by atoms with Crippen LogP contribution in [0, 0.1) is 5.92 Å². The minimum absolute atomic E-state index is 0.0636. The number of amides is 1. The number of ether oxygens (including phenoxy) is 1. The molecule has 2 fully saturated rings. The molecule has 2 saturated heterocycles. The van der Waals surface area contributed by atoms with Gasteiger partial charge in [-0.3, -0.25) is 9.36 Å². The van der Waals surface area contributed by atoms with Crippen LogP contribution in [0.15, 0.2) is 24.9 Å². The number of anilines is 1. The molecular formula is C18H24N6O2. The highest BCUT2D eigenvalue weighted by molar-refractivity contribution is 5.92. The number of imidazole rings is 1. The number of hydrogen-bond donors (Lipinski definition) is 0. The Balaban J connectivity index is 1.50. The van der Waals surface area contributed by atoms with Crippen molar-refractivity contribution in [1.29, 1.82) is 0 Å². The van der Waals surface area contributed by atoms with Crippen molar-refractivity contribution in [2.24, 2.45) is 5.92 Å². The molecule has 0 saturated carbocycles. The lowest BCUT2D eigenvalue weighted by Gasteiger charge is -2.31. The van der Waals surface area contributed by atoms with Gasteiger partial charge >= 0.3 is 0 Å². The zero-order valence-corrected chi connectivity index (χ0v) is 15.0. The number of nitrogens with zero attached hydrogens (tertiary/aromatic N) is 6. The molecule has 2 aromatic heterocycles. The largest absolute Gasteiger partial charge is 0.378 e. The smallest absolute Gasteiger partial charge is 0.274 e. The van der Waals surface area contributed by atoms with Crippen molar-refractivity contribution in [3.05, 3.63) is 30.6 Å². The fraction of sp³-hybridized carbons (Fsp3) is 0.556. The summed E-state index contributed by atoms with van der Waals surface area (Å²) in [4.78, 5) is 29.7. The predicted octanol–water partition coefficient (Wildman–Crippen LogP) is 1.37. The van der Waals surface area contributed by atoms with E-state index in [1.165, 1.54) is 12.8 Å². The third-order valence-corrected chi connectivity index (χ3v) is 5.11. The first-order valence-electron chi connectivity index (χ1n) is 9.19. The van der Waals surface area contributed by atoms with Gasteiger partial charge in [-0.05, 0) is 18.8 Å². The molecule has 138 valence electrons. The van der Waals surface area contributed by atoms with Crippen LogP contribution in [0.4, 0.5) is 5.82 Å². The minimum Gasteiger partial charge on any atom is -0.378 e. The number of carbonyl (C=O) groups excluding carboxylic acids is 1. The molecule has 0 spiro atoms. The van der Waals surface area contributed by atoms with Crippen LogP contribution in [0.3, 0.4) is 0 Å². The van der Waals surface area contributed by atoms with Gasteiger partial charge in [-0.25, -0.2) is 15.0 Å². The summed E-state index contributed by atoms with van der Waals surface area (Å²) in [6.45, 7) is 6.70. The van der Waals surface area contributed by atoms with E-state index in [0.29, 0.717) is 32.0 Å². The average Bonchev–Trinajstić information content (AvgIpc) is 3.19. The number of morpholine rings is 1. The van der Waals surface area contributed by atoms with Crippen molar-refractivity contribution in [2.45, 2.75) is 19.8 Å². The van der Waals surface area contributed by atoms with Crippen molar-refractivity contribution >= 4 is 11.7 Å². The second-order valence-electron chi connectivity index (χ2n) is 6.97. The van der Waals surface area contributed by atoms with Crippen LogP contribution in [0.5, 0.6) is 0 Å². The molecule has 2 aromatic rings. The van der Waals surface area contributed by atoms with E-state index in [4.69, 9.17) is 4.74 Å². The fourth-order valence-corrected chi connectivity index (χ4v) is 3.38. The maximum atomic E-state index is 12.5.